The first-order chi connectivity index (χ1) is 16.4. The maximum atomic E-state index is 13.2. The van der Waals surface area contributed by atoms with E-state index < -0.39 is 0 Å². The van der Waals surface area contributed by atoms with E-state index in [1.807, 2.05) is 17.0 Å². The highest BCUT2D eigenvalue weighted by Gasteiger charge is 2.39. The van der Waals surface area contributed by atoms with Gasteiger partial charge in [-0.1, -0.05) is 29.8 Å². The van der Waals surface area contributed by atoms with Crippen molar-refractivity contribution in [2.24, 2.45) is 10.7 Å². The number of piperazine rings is 1. The minimum absolute atomic E-state index is 0.0378. The Hall–Kier alpha value is -3.41. The zero-order valence-corrected chi connectivity index (χ0v) is 19.4. The fraction of sp³-hybridized carbons (Fsp3) is 0.320. The number of hydrogen-bond acceptors (Lipinski definition) is 4. The number of guanidine groups is 1. The average molecular weight is 481 g/mol. The van der Waals surface area contributed by atoms with Gasteiger partial charge in [-0.15, -0.1) is 0 Å². The fourth-order valence-corrected chi connectivity index (χ4v) is 4.91. The first-order valence-corrected chi connectivity index (χ1v) is 11.6. The SMILES string of the molecule is N#CNC(N)=Nc1cc(Cl)ccc1C=CC(=O)N1C2CCCC1CN(Cc1ccc(F)cc1)C2. The maximum absolute atomic E-state index is 13.2. The number of benzene rings is 2. The van der Waals surface area contributed by atoms with Crippen molar-refractivity contribution >= 4 is 35.2 Å². The first kappa shape index (κ1) is 23.7. The number of fused-ring (bicyclic) bond motifs is 2. The Labute approximate surface area is 203 Å². The zero-order valence-electron chi connectivity index (χ0n) is 18.6. The van der Waals surface area contributed by atoms with Crippen LogP contribution in [0.5, 0.6) is 0 Å². The molecular formula is C25H26ClFN6O. The van der Waals surface area contributed by atoms with Gasteiger partial charge in [-0.25, -0.2) is 9.38 Å². The van der Waals surface area contributed by atoms with Crippen LogP contribution in [0.4, 0.5) is 10.1 Å². The van der Waals surface area contributed by atoms with Gasteiger partial charge in [0, 0.05) is 48.4 Å². The van der Waals surface area contributed by atoms with Crippen molar-refractivity contribution in [3.05, 3.63) is 70.5 Å². The second-order valence-electron chi connectivity index (χ2n) is 8.57. The van der Waals surface area contributed by atoms with E-state index in [1.165, 1.54) is 12.1 Å². The van der Waals surface area contributed by atoms with E-state index in [2.05, 4.69) is 15.2 Å². The molecule has 34 heavy (non-hydrogen) atoms. The highest BCUT2D eigenvalue weighted by Crippen LogP contribution is 2.31. The number of nitrogens with zero attached hydrogens (tertiary/aromatic N) is 4. The summed E-state index contributed by atoms with van der Waals surface area (Å²) in [5, 5.41) is 11.5. The van der Waals surface area contributed by atoms with Crippen LogP contribution in [-0.2, 0) is 11.3 Å². The molecule has 2 aliphatic rings. The van der Waals surface area contributed by atoms with E-state index in [0.717, 1.165) is 44.5 Å². The van der Waals surface area contributed by atoms with Gasteiger partial charge in [0.25, 0.3) is 0 Å². The zero-order chi connectivity index (χ0) is 24.1. The predicted molar refractivity (Wildman–Crippen MR) is 130 cm³/mol. The normalized spacial score (nSPS) is 20.9. The second-order valence-corrected chi connectivity index (χ2v) is 9.01. The lowest BCUT2D eigenvalue weighted by Gasteiger charge is -2.50. The van der Waals surface area contributed by atoms with Gasteiger partial charge in [-0.3, -0.25) is 15.0 Å². The Morgan fingerprint density at radius 1 is 1.24 bits per heavy atom. The Balaban J connectivity index is 1.47. The lowest BCUT2D eigenvalue weighted by Crippen LogP contribution is -2.61. The van der Waals surface area contributed by atoms with E-state index >= 15 is 0 Å². The summed E-state index contributed by atoms with van der Waals surface area (Å²) in [4.78, 5) is 21.8. The lowest BCUT2D eigenvalue weighted by atomic mass is 9.90. The molecule has 7 nitrogen and oxygen atoms in total. The molecule has 0 saturated carbocycles. The summed E-state index contributed by atoms with van der Waals surface area (Å²) in [5.41, 5.74) is 7.89. The lowest BCUT2D eigenvalue weighted by molar-refractivity contribution is -0.137. The van der Waals surface area contributed by atoms with Crippen molar-refractivity contribution in [1.82, 2.24) is 15.1 Å². The van der Waals surface area contributed by atoms with Crippen LogP contribution in [-0.4, -0.2) is 46.8 Å². The number of nitrogens with two attached hydrogens (primary N) is 1. The topological polar surface area (TPSA) is 97.8 Å². The molecule has 9 heteroatoms. The molecule has 2 heterocycles. The molecule has 0 aromatic heterocycles. The molecule has 2 fully saturated rings. The van der Waals surface area contributed by atoms with Crippen LogP contribution in [0.25, 0.3) is 6.08 Å². The molecule has 2 atom stereocenters. The molecule has 1 amide bonds. The number of piperidine rings is 1. The molecule has 0 aliphatic carbocycles. The molecule has 2 aromatic rings. The third-order valence-corrected chi connectivity index (χ3v) is 6.43. The molecule has 0 radical (unpaired) electrons. The van der Waals surface area contributed by atoms with Crippen molar-refractivity contribution in [1.29, 1.82) is 5.26 Å². The van der Waals surface area contributed by atoms with Crippen LogP contribution in [0.3, 0.4) is 0 Å². The third-order valence-electron chi connectivity index (χ3n) is 6.20. The van der Waals surface area contributed by atoms with Crippen LogP contribution in [0, 0.1) is 17.3 Å². The Morgan fingerprint density at radius 3 is 2.62 bits per heavy atom. The molecule has 3 N–H and O–H groups in total. The van der Waals surface area contributed by atoms with Crippen molar-refractivity contribution < 1.29 is 9.18 Å². The van der Waals surface area contributed by atoms with Gasteiger partial charge in [0.2, 0.25) is 11.9 Å². The number of nitrogens with one attached hydrogen (secondary N) is 1. The monoisotopic (exact) mass is 480 g/mol. The largest absolute Gasteiger partial charge is 0.369 e. The molecular weight excluding hydrogens is 455 g/mol. The van der Waals surface area contributed by atoms with Crippen molar-refractivity contribution in [3.8, 4) is 6.19 Å². The number of likely N-dealkylation sites (tertiary alicyclic amines) is 1. The predicted octanol–water partition coefficient (Wildman–Crippen LogP) is 3.77. The van der Waals surface area contributed by atoms with Crippen LogP contribution < -0.4 is 11.1 Å². The van der Waals surface area contributed by atoms with Crippen molar-refractivity contribution in [2.45, 2.75) is 37.9 Å². The Morgan fingerprint density at radius 2 is 1.94 bits per heavy atom. The van der Waals surface area contributed by atoms with Gasteiger partial charge >= 0.3 is 0 Å². The first-order valence-electron chi connectivity index (χ1n) is 11.2. The van der Waals surface area contributed by atoms with Gasteiger partial charge in [0.15, 0.2) is 6.19 Å². The summed E-state index contributed by atoms with van der Waals surface area (Å²) in [6.45, 7) is 2.33. The number of nitriles is 1. The quantitative estimate of drug-likeness (QED) is 0.223. The molecule has 4 rings (SSSR count). The van der Waals surface area contributed by atoms with Gasteiger partial charge in [-0.05, 0) is 55.2 Å². The number of rotatable bonds is 5. The molecule has 0 spiro atoms. The van der Waals surface area contributed by atoms with Crippen LogP contribution in [0.15, 0.2) is 53.5 Å². The number of hydrogen-bond donors (Lipinski definition) is 2. The van der Waals surface area contributed by atoms with Gasteiger partial charge in [-0.2, -0.15) is 5.26 Å². The highest BCUT2D eigenvalue weighted by atomic mass is 35.5. The van der Waals surface area contributed by atoms with E-state index in [-0.39, 0.29) is 29.8 Å². The van der Waals surface area contributed by atoms with Crippen LogP contribution in [0.1, 0.15) is 30.4 Å². The molecule has 176 valence electrons. The summed E-state index contributed by atoms with van der Waals surface area (Å²) >= 11 is 6.09. The van der Waals surface area contributed by atoms with E-state index in [1.54, 1.807) is 36.5 Å². The number of halogens is 2. The molecule has 2 saturated heterocycles. The van der Waals surface area contributed by atoms with Crippen LogP contribution in [0.2, 0.25) is 5.02 Å². The number of amides is 1. The van der Waals surface area contributed by atoms with Crippen molar-refractivity contribution in [3.63, 3.8) is 0 Å². The van der Waals surface area contributed by atoms with E-state index in [9.17, 15) is 9.18 Å². The standard InChI is InChI=1S/C25H26ClFN6O/c26-19-8-6-18(23(12-19)31-25(29)30-16-28)7-11-24(34)33-21-2-1-3-22(33)15-32(14-21)13-17-4-9-20(27)10-5-17/h4-12,21-22H,1-3,13-15H2,(H3,29,30,31). The molecule has 2 aliphatic heterocycles. The van der Waals surface area contributed by atoms with E-state index in [4.69, 9.17) is 22.6 Å². The average Bonchev–Trinajstić information content (AvgIpc) is 2.79. The maximum Gasteiger partial charge on any atom is 0.247 e. The van der Waals surface area contributed by atoms with Gasteiger partial charge in [0.05, 0.1) is 5.69 Å². The minimum Gasteiger partial charge on any atom is -0.369 e. The molecule has 2 aromatic carbocycles. The highest BCUT2D eigenvalue weighted by molar-refractivity contribution is 6.30. The Kier molecular flexibility index (Phi) is 7.46. The Bertz CT molecular complexity index is 1130. The minimum atomic E-state index is -0.235. The molecule has 2 unspecified atom stereocenters. The van der Waals surface area contributed by atoms with Gasteiger partial charge < -0.3 is 10.6 Å². The smallest absolute Gasteiger partial charge is 0.247 e. The van der Waals surface area contributed by atoms with E-state index in [0.29, 0.717) is 16.3 Å². The van der Waals surface area contributed by atoms with Crippen molar-refractivity contribution in [2.75, 3.05) is 13.1 Å². The number of carbonyl (C=O) groups is 1. The summed E-state index contributed by atoms with van der Waals surface area (Å²) < 4.78 is 13.2. The van der Waals surface area contributed by atoms with Crippen LogP contribution >= 0.6 is 11.6 Å². The summed E-state index contributed by atoms with van der Waals surface area (Å²) in [7, 11) is 0. The number of carbonyl (C=O) groups excluding carboxylic acids is 1. The summed E-state index contributed by atoms with van der Waals surface area (Å²) in [5.74, 6) is -0.331. The summed E-state index contributed by atoms with van der Waals surface area (Å²) in [6.07, 6.45) is 8.02. The third kappa shape index (κ3) is 5.74. The van der Waals surface area contributed by atoms with Gasteiger partial charge in [0.1, 0.15) is 5.82 Å². The second kappa shape index (κ2) is 10.7. The summed E-state index contributed by atoms with van der Waals surface area (Å²) in [6, 6.07) is 12.0. The molecule has 2 bridgehead atoms. The number of aliphatic imine (C=N–C) groups is 1. The fourth-order valence-electron chi connectivity index (χ4n) is 4.75.